The zero-order valence-corrected chi connectivity index (χ0v) is 33.4. The Labute approximate surface area is 329 Å². The lowest BCUT2D eigenvalue weighted by atomic mass is 9.86. The van der Waals surface area contributed by atoms with E-state index >= 15 is 0 Å². The van der Waals surface area contributed by atoms with Crippen LogP contribution in [0.3, 0.4) is 0 Å². The third kappa shape index (κ3) is 8.04. The van der Waals surface area contributed by atoms with Crippen LogP contribution in [-0.4, -0.2) is 83.2 Å². The van der Waals surface area contributed by atoms with Crippen molar-refractivity contribution in [2.45, 2.75) is 132 Å². The third-order valence-corrected chi connectivity index (χ3v) is 14.2. The summed E-state index contributed by atoms with van der Waals surface area (Å²) in [6.45, 7) is 6.86. The van der Waals surface area contributed by atoms with Gasteiger partial charge in [0.05, 0.1) is 23.4 Å². The Hall–Kier alpha value is -4.41. The number of ether oxygens (including phenoxy) is 2. The van der Waals surface area contributed by atoms with E-state index in [-0.39, 0.29) is 56.7 Å². The zero-order valence-electron chi connectivity index (χ0n) is 32.6. The third-order valence-electron chi connectivity index (χ3n) is 12.1. The molecule has 1 aromatic heterocycles. The summed E-state index contributed by atoms with van der Waals surface area (Å²) >= 11 is 0. The van der Waals surface area contributed by atoms with Crippen molar-refractivity contribution in [3.05, 3.63) is 47.2 Å². The van der Waals surface area contributed by atoms with Crippen LogP contribution >= 0.6 is 0 Å². The molecule has 17 heteroatoms. The van der Waals surface area contributed by atoms with Crippen LogP contribution in [-0.2, 0) is 41.7 Å². The number of hydrogen-bond donors (Lipinski definition) is 3. The van der Waals surface area contributed by atoms with Gasteiger partial charge in [-0.15, -0.1) is 0 Å². The summed E-state index contributed by atoms with van der Waals surface area (Å²) in [7, 11) is -4.08. The average molecular weight is 818 g/mol. The smallest absolute Gasteiger partial charge is 0.437 e. The van der Waals surface area contributed by atoms with Crippen molar-refractivity contribution in [2.24, 2.45) is 11.8 Å². The molecule has 0 bridgehead atoms. The number of allylic oxidation sites excluding steroid dienone is 1. The summed E-state index contributed by atoms with van der Waals surface area (Å²) in [4.78, 5) is 61.3. The summed E-state index contributed by atoms with van der Waals surface area (Å²) in [5, 5.41) is 5.97. The number of carbonyl (C=O) groups is 4. The molecule has 4 heterocycles. The topological polar surface area (TPSA) is 173 Å². The molecule has 5 aliphatic rings. The number of halogens is 3. The van der Waals surface area contributed by atoms with Gasteiger partial charge in [0.15, 0.2) is 11.4 Å². The average Bonchev–Trinajstić information content (AvgIpc) is 4.03. The second-order valence-corrected chi connectivity index (χ2v) is 19.4. The number of nitrogens with zero attached hydrogens (tertiary/aromatic N) is 2. The minimum absolute atomic E-state index is 0.0142. The first-order chi connectivity index (χ1) is 26.8. The molecule has 1 aromatic carbocycles. The van der Waals surface area contributed by atoms with Gasteiger partial charge >= 0.3 is 12.3 Å². The molecule has 13 nitrogen and oxygen atoms in total. The monoisotopic (exact) mass is 817 g/mol. The molecule has 57 heavy (non-hydrogen) atoms. The van der Waals surface area contributed by atoms with Gasteiger partial charge in [0.2, 0.25) is 21.8 Å². The van der Waals surface area contributed by atoms with Gasteiger partial charge in [-0.05, 0) is 83.3 Å². The molecule has 3 aliphatic heterocycles. The van der Waals surface area contributed by atoms with E-state index in [9.17, 15) is 40.8 Å². The molecule has 5 atom stereocenters. The lowest BCUT2D eigenvalue weighted by Gasteiger charge is -2.37. The van der Waals surface area contributed by atoms with Gasteiger partial charge in [0.25, 0.3) is 5.91 Å². The van der Waals surface area contributed by atoms with Crippen molar-refractivity contribution in [1.29, 1.82) is 0 Å². The van der Waals surface area contributed by atoms with Gasteiger partial charge < -0.3 is 25.0 Å². The van der Waals surface area contributed by atoms with E-state index < -0.39 is 85.3 Å². The maximum Gasteiger partial charge on any atom is 0.437 e. The molecule has 2 saturated carbocycles. The lowest BCUT2D eigenvalue weighted by Crippen LogP contribution is -2.58. The number of nitrogens with one attached hydrogen (secondary N) is 3. The summed E-state index contributed by atoms with van der Waals surface area (Å²) in [5.41, 5.74) is -3.06. The Morgan fingerprint density at radius 2 is 1.88 bits per heavy atom. The van der Waals surface area contributed by atoms with Crippen LogP contribution in [0, 0.1) is 18.8 Å². The van der Waals surface area contributed by atoms with E-state index in [1.54, 1.807) is 18.2 Å². The fourth-order valence-corrected chi connectivity index (χ4v) is 9.57. The summed E-state index contributed by atoms with van der Waals surface area (Å²) in [6.07, 6.45) is 1.56. The van der Waals surface area contributed by atoms with Crippen LogP contribution < -0.4 is 20.1 Å². The van der Waals surface area contributed by atoms with E-state index in [4.69, 9.17) is 9.47 Å². The molecule has 3 fully saturated rings. The number of alkyl carbamates (subject to hydrolysis) is 1. The van der Waals surface area contributed by atoms with Gasteiger partial charge in [-0.3, -0.25) is 19.1 Å². The van der Waals surface area contributed by atoms with Crippen LogP contribution in [0.5, 0.6) is 5.75 Å². The van der Waals surface area contributed by atoms with Crippen LogP contribution in [0.1, 0.15) is 102 Å². The molecule has 1 spiro atoms. The summed E-state index contributed by atoms with van der Waals surface area (Å²) in [5.74, 6) is -3.35. The maximum absolute atomic E-state index is 14.7. The van der Waals surface area contributed by atoms with Crippen molar-refractivity contribution in [3.8, 4) is 5.75 Å². The highest BCUT2D eigenvalue weighted by atomic mass is 32.2. The number of aryl methyl sites for hydroxylation is 2. The Balaban J connectivity index is 1.26. The number of rotatable bonds is 6. The van der Waals surface area contributed by atoms with Crippen molar-refractivity contribution >= 4 is 44.7 Å². The van der Waals surface area contributed by atoms with Gasteiger partial charge in [-0.2, -0.15) is 13.2 Å². The SMILES string of the molecule is Cc1ccc2nc(C(F)(F)F)c3c(c2c1)CCC1(CC2C(=O)NC4(C(=O)NS(=O)(=O)C5(C)CC5)CC4C=CCCCCCC(NC(=O)OCC(C)C)C(=O)N2C1)O3. The zero-order chi connectivity index (χ0) is 41.1. The Bertz CT molecular complexity index is 2120. The second kappa shape index (κ2) is 14.8. The van der Waals surface area contributed by atoms with E-state index in [0.29, 0.717) is 49.5 Å². The Morgan fingerprint density at radius 3 is 2.58 bits per heavy atom. The maximum atomic E-state index is 14.7. The molecule has 2 aromatic rings. The standard InChI is InChI=1S/C40H50F3N5O8S/c1-23(2)21-55-36(52)45-29-11-9-7-5-6-8-10-25-19-39(25,35(51)47-57(53,54)37(4)16-17-37)46-33(49)30-20-38(22-48(30)34(29)50)15-14-26-27-18-24(3)12-13-28(27)44-32(31(26)56-38)40(41,42)43/h8,10,12-13,18,23,25,29-30H,5-7,9,11,14-17,19-22H2,1-4H3,(H,45,52)(H,46,49)(H,47,51). The molecule has 4 amide bonds. The highest BCUT2D eigenvalue weighted by molar-refractivity contribution is 7.91. The minimum atomic E-state index is -4.89. The molecule has 7 rings (SSSR count). The largest absolute Gasteiger partial charge is 0.483 e. The number of sulfonamides is 1. The first-order valence-corrected chi connectivity index (χ1v) is 21.2. The van der Waals surface area contributed by atoms with Crippen molar-refractivity contribution in [3.63, 3.8) is 0 Å². The molecule has 310 valence electrons. The van der Waals surface area contributed by atoms with E-state index in [2.05, 4.69) is 20.3 Å². The molecule has 2 aliphatic carbocycles. The lowest BCUT2D eigenvalue weighted by molar-refractivity contribution is -0.144. The molecule has 1 saturated heterocycles. The second-order valence-electron chi connectivity index (χ2n) is 17.2. The quantitative estimate of drug-likeness (QED) is 0.324. The Kier molecular flexibility index (Phi) is 10.6. The molecular formula is C40H50F3N5O8S. The highest BCUT2D eigenvalue weighted by Crippen LogP contribution is 2.50. The first-order valence-electron chi connectivity index (χ1n) is 19.8. The number of pyridine rings is 1. The number of hydrogen-bond acceptors (Lipinski definition) is 9. The highest BCUT2D eigenvalue weighted by Gasteiger charge is 2.64. The van der Waals surface area contributed by atoms with Gasteiger partial charge in [-0.1, -0.05) is 50.5 Å². The number of aromatic nitrogens is 1. The van der Waals surface area contributed by atoms with Gasteiger partial charge in [-0.25, -0.2) is 18.2 Å². The first kappa shape index (κ1) is 40.8. The van der Waals surface area contributed by atoms with Crippen LogP contribution in [0.4, 0.5) is 18.0 Å². The number of alkyl halides is 3. The minimum Gasteiger partial charge on any atom is -0.483 e. The molecule has 0 radical (unpaired) electrons. The van der Waals surface area contributed by atoms with E-state index in [0.717, 1.165) is 5.56 Å². The number of amides is 4. The van der Waals surface area contributed by atoms with Crippen LogP contribution in [0.2, 0.25) is 0 Å². The van der Waals surface area contributed by atoms with Crippen molar-refractivity contribution in [2.75, 3.05) is 13.2 Å². The van der Waals surface area contributed by atoms with E-state index in [1.165, 1.54) is 17.9 Å². The predicted molar refractivity (Wildman–Crippen MR) is 202 cm³/mol. The van der Waals surface area contributed by atoms with Gasteiger partial charge in [0, 0.05) is 23.3 Å². The van der Waals surface area contributed by atoms with Crippen LogP contribution in [0.25, 0.3) is 10.9 Å². The van der Waals surface area contributed by atoms with Gasteiger partial charge in [0.1, 0.15) is 23.2 Å². The predicted octanol–water partition coefficient (Wildman–Crippen LogP) is 5.37. The molecular weight excluding hydrogens is 768 g/mol. The normalized spacial score (nSPS) is 28.6. The van der Waals surface area contributed by atoms with Crippen molar-refractivity contribution < 1.29 is 50.2 Å². The summed E-state index contributed by atoms with van der Waals surface area (Å²) in [6, 6.07) is 2.44. The molecule has 3 N–H and O–H groups in total. The fourth-order valence-electron chi connectivity index (χ4n) is 8.26. The Morgan fingerprint density at radius 1 is 1.12 bits per heavy atom. The molecule has 5 unspecified atom stereocenters. The van der Waals surface area contributed by atoms with Crippen LogP contribution in [0.15, 0.2) is 30.4 Å². The van der Waals surface area contributed by atoms with E-state index in [1.807, 2.05) is 26.8 Å². The number of benzene rings is 1. The summed E-state index contributed by atoms with van der Waals surface area (Å²) < 4.78 is 83.2. The number of carbonyl (C=O) groups excluding carboxylic acids is 4. The van der Waals surface area contributed by atoms with Crippen molar-refractivity contribution in [1.82, 2.24) is 25.2 Å². The number of fused-ring (bicyclic) bond motifs is 5. The fraction of sp³-hybridized carbons (Fsp3) is 0.625.